The van der Waals surface area contributed by atoms with Gasteiger partial charge in [-0.1, -0.05) is 0 Å². The van der Waals surface area contributed by atoms with Crippen LogP contribution in [0.2, 0.25) is 0 Å². The van der Waals surface area contributed by atoms with E-state index in [0.717, 1.165) is 24.1 Å². The first-order valence-corrected chi connectivity index (χ1v) is 8.97. The van der Waals surface area contributed by atoms with Crippen molar-refractivity contribution in [3.05, 3.63) is 35.3 Å². The van der Waals surface area contributed by atoms with Gasteiger partial charge in [-0.2, -0.15) is 5.26 Å². The number of nitrogens with zero attached hydrogens (tertiary/aromatic N) is 5. The summed E-state index contributed by atoms with van der Waals surface area (Å²) in [6.07, 6.45) is 3.89. The molecule has 0 spiro atoms. The number of hydrogen-bond donors (Lipinski definition) is 2. The van der Waals surface area contributed by atoms with Gasteiger partial charge >= 0.3 is 0 Å². The Morgan fingerprint density at radius 1 is 1.42 bits per heavy atom. The second-order valence-electron chi connectivity index (χ2n) is 6.23. The molecule has 4 rings (SSSR count). The number of nitrogens with two attached hydrogens (primary N) is 2. The summed E-state index contributed by atoms with van der Waals surface area (Å²) in [7, 11) is 1.86. The zero-order chi connectivity index (χ0) is 18.3. The van der Waals surface area contributed by atoms with Crippen LogP contribution in [0.15, 0.2) is 33.1 Å². The average molecular weight is 367 g/mol. The van der Waals surface area contributed by atoms with Crippen LogP contribution >= 0.6 is 11.8 Å². The highest BCUT2D eigenvalue weighted by Gasteiger charge is 2.26. The van der Waals surface area contributed by atoms with Crippen molar-refractivity contribution in [2.75, 3.05) is 5.73 Å². The number of fused-ring (bicyclic) bond motifs is 1. The predicted octanol–water partition coefficient (Wildman–Crippen LogP) is 1.89. The number of nitrogen functional groups attached to an aromatic ring is 1. The van der Waals surface area contributed by atoms with Crippen molar-refractivity contribution in [2.45, 2.75) is 35.6 Å². The Morgan fingerprint density at radius 3 is 3.00 bits per heavy atom. The van der Waals surface area contributed by atoms with Gasteiger partial charge in [0, 0.05) is 24.3 Å². The first kappa shape index (κ1) is 16.6. The van der Waals surface area contributed by atoms with Crippen LogP contribution in [0.25, 0.3) is 11.3 Å². The summed E-state index contributed by atoms with van der Waals surface area (Å²) in [4.78, 5) is 4.42. The minimum absolute atomic E-state index is 0.0423. The molecule has 1 atom stereocenters. The van der Waals surface area contributed by atoms with Crippen LogP contribution in [0.3, 0.4) is 0 Å². The first-order valence-electron chi connectivity index (χ1n) is 8.15. The minimum Gasteiger partial charge on any atom is -0.449 e. The second-order valence-corrected chi connectivity index (χ2v) is 7.20. The second kappa shape index (κ2) is 6.48. The number of pyridine rings is 1. The quantitative estimate of drug-likeness (QED) is 0.717. The number of aromatic nitrogens is 4. The molecule has 9 heteroatoms. The van der Waals surface area contributed by atoms with Gasteiger partial charge in [-0.15, -0.1) is 10.2 Å². The topological polar surface area (TPSA) is 133 Å². The number of rotatable bonds is 3. The molecule has 3 heterocycles. The number of hydrogen-bond acceptors (Lipinski definition) is 8. The third-order valence-electron chi connectivity index (χ3n) is 4.43. The van der Waals surface area contributed by atoms with Gasteiger partial charge in [0.1, 0.15) is 29.5 Å². The lowest BCUT2D eigenvalue weighted by atomic mass is 9.86. The zero-order valence-electron chi connectivity index (χ0n) is 14.1. The third kappa shape index (κ3) is 2.83. The Kier molecular flexibility index (Phi) is 4.14. The number of anilines is 1. The van der Waals surface area contributed by atoms with Gasteiger partial charge in [-0.25, -0.2) is 4.98 Å². The number of nitriles is 1. The molecule has 3 aromatic heterocycles. The molecular formula is C17H17N7OS. The Morgan fingerprint density at radius 2 is 2.27 bits per heavy atom. The smallest absolute Gasteiger partial charge is 0.198 e. The molecule has 132 valence electrons. The fourth-order valence-electron chi connectivity index (χ4n) is 3.15. The Hall–Kier alpha value is -2.83. The normalized spacial score (nSPS) is 16.3. The maximum atomic E-state index is 9.61. The van der Waals surface area contributed by atoms with E-state index in [1.54, 1.807) is 10.9 Å². The van der Waals surface area contributed by atoms with E-state index < -0.39 is 0 Å². The van der Waals surface area contributed by atoms with Gasteiger partial charge in [-0.3, -0.25) is 0 Å². The molecule has 1 aliphatic carbocycles. The summed E-state index contributed by atoms with van der Waals surface area (Å²) in [6.45, 7) is 0. The number of furan rings is 1. The number of aryl methyl sites for hydroxylation is 2. The Labute approximate surface area is 154 Å². The van der Waals surface area contributed by atoms with Gasteiger partial charge < -0.3 is 20.5 Å². The van der Waals surface area contributed by atoms with Crippen LogP contribution in [0, 0.1) is 11.3 Å². The van der Waals surface area contributed by atoms with E-state index in [2.05, 4.69) is 21.3 Å². The summed E-state index contributed by atoms with van der Waals surface area (Å²) < 4.78 is 7.81. The SMILES string of the molecule is Cn1cnnc1Sc1ccc(-c2c(C#N)c(N)nc3c2C[C@H](N)CC3)o1. The van der Waals surface area contributed by atoms with Crippen molar-refractivity contribution in [1.82, 2.24) is 19.7 Å². The Balaban J connectivity index is 1.79. The largest absolute Gasteiger partial charge is 0.449 e. The van der Waals surface area contributed by atoms with Gasteiger partial charge in [0.15, 0.2) is 10.2 Å². The van der Waals surface area contributed by atoms with Crippen molar-refractivity contribution >= 4 is 17.6 Å². The van der Waals surface area contributed by atoms with Gasteiger partial charge in [-0.05, 0) is 48.7 Å². The lowest BCUT2D eigenvalue weighted by Crippen LogP contribution is -2.29. The van der Waals surface area contributed by atoms with E-state index >= 15 is 0 Å². The zero-order valence-corrected chi connectivity index (χ0v) is 15.0. The fraction of sp³-hybridized carbons (Fsp3) is 0.294. The van der Waals surface area contributed by atoms with Crippen LogP contribution in [0.4, 0.5) is 5.82 Å². The standard InChI is InChI=1S/C17H17N7OS/c1-24-8-21-23-17(24)26-14-5-4-13(25-14)15-10-6-9(19)2-3-12(10)22-16(20)11(15)7-18/h4-5,8-9H,2-3,6,19H2,1H3,(H2,20,22)/t9-/m1/s1. The molecule has 1 aliphatic rings. The minimum atomic E-state index is 0.0423. The molecule has 8 nitrogen and oxygen atoms in total. The molecular weight excluding hydrogens is 350 g/mol. The third-order valence-corrected chi connectivity index (χ3v) is 5.40. The van der Waals surface area contributed by atoms with Gasteiger partial charge in [0.2, 0.25) is 0 Å². The maximum Gasteiger partial charge on any atom is 0.198 e. The highest BCUT2D eigenvalue weighted by molar-refractivity contribution is 7.99. The molecule has 0 saturated carbocycles. The van der Waals surface area contributed by atoms with Crippen LogP contribution in [-0.2, 0) is 19.9 Å². The monoisotopic (exact) mass is 367 g/mol. The van der Waals surface area contributed by atoms with E-state index in [4.69, 9.17) is 15.9 Å². The summed E-state index contributed by atoms with van der Waals surface area (Å²) in [5.74, 6) is 0.821. The predicted molar refractivity (Wildman–Crippen MR) is 96.2 cm³/mol. The summed E-state index contributed by atoms with van der Waals surface area (Å²) in [6, 6.07) is 5.90. The van der Waals surface area contributed by atoms with Gasteiger partial charge in [0.25, 0.3) is 0 Å². The first-order chi connectivity index (χ1) is 12.6. The summed E-state index contributed by atoms with van der Waals surface area (Å²) in [5.41, 5.74) is 15.1. The van der Waals surface area contributed by atoms with Crippen molar-refractivity contribution in [3.63, 3.8) is 0 Å². The molecule has 26 heavy (non-hydrogen) atoms. The van der Waals surface area contributed by atoms with Crippen LogP contribution in [-0.4, -0.2) is 25.8 Å². The van der Waals surface area contributed by atoms with Crippen LogP contribution in [0.1, 0.15) is 23.2 Å². The lowest BCUT2D eigenvalue weighted by Gasteiger charge is -2.24. The van der Waals surface area contributed by atoms with E-state index in [0.29, 0.717) is 33.6 Å². The van der Waals surface area contributed by atoms with Crippen molar-refractivity contribution in [2.24, 2.45) is 12.8 Å². The van der Waals surface area contributed by atoms with Crippen molar-refractivity contribution in [1.29, 1.82) is 5.26 Å². The van der Waals surface area contributed by atoms with Crippen molar-refractivity contribution in [3.8, 4) is 17.4 Å². The highest BCUT2D eigenvalue weighted by atomic mass is 32.2. The van der Waals surface area contributed by atoms with E-state index in [1.807, 2.05) is 19.2 Å². The van der Waals surface area contributed by atoms with Crippen LogP contribution < -0.4 is 11.5 Å². The average Bonchev–Trinajstić information content (AvgIpc) is 3.24. The molecule has 0 amide bonds. The maximum absolute atomic E-state index is 9.61. The van der Waals surface area contributed by atoms with Gasteiger partial charge in [0.05, 0.1) is 0 Å². The van der Waals surface area contributed by atoms with E-state index in [-0.39, 0.29) is 11.9 Å². The highest BCUT2D eigenvalue weighted by Crippen LogP contribution is 2.38. The molecule has 0 unspecified atom stereocenters. The Bertz CT molecular complexity index is 1020. The molecule has 0 bridgehead atoms. The van der Waals surface area contributed by atoms with E-state index in [9.17, 15) is 5.26 Å². The summed E-state index contributed by atoms with van der Waals surface area (Å²) >= 11 is 1.36. The summed E-state index contributed by atoms with van der Waals surface area (Å²) in [5, 5.41) is 18.9. The molecule has 0 fully saturated rings. The molecule has 0 saturated heterocycles. The fourth-order valence-corrected chi connectivity index (χ4v) is 3.88. The molecule has 0 radical (unpaired) electrons. The lowest BCUT2D eigenvalue weighted by molar-refractivity contribution is 0.484. The molecule has 0 aliphatic heterocycles. The molecule has 0 aromatic carbocycles. The van der Waals surface area contributed by atoms with E-state index in [1.165, 1.54) is 11.8 Å². The van der Waals surface area contributed by atoms with Crippen molar-refractivity contribution < 1.29 is 4.42 Å². The molecule has 3 aromatic rings. The van der Waals surface area contributed by atoms with Crippen LogP contribution in [0.5, 0.6) is 0 Å². The molecule has 4 N–H and O–H groups in total.